The molecular weight excluding hydrogens is 291 g/mol. The van der Waals surface area contributed by atoms with Gasteiger partial charge in [-0.1, -0.05) is 0 Å². The molecular formula is C15H19FN2O4. The molecule has 1 saturated heterocycles. The van der Waals surface area contributed by atoms with E-state index in [0.29, 0.717) is 31.8 Å². The molecule has 1 aliphatic rings. The predicted molar refractivity (Wildman–Crippen MR) is 77.1 cm³/mol. The zero-order chi connectivity index (χ0) is 15.9. The number of nitrogens with zero attached hydrogens (tertiary/aromatic N) is 1. The van der Waals surface area contributed by atoms with Crippen LogP contribution in [0.5, 0.6) is 5.75 Å². The number of aliphatic carboxylic acids is 1. The fourth-order valence-corrected chi connectivity index (χ4v) is 2.33. The first-order valence-electron chi connectivity index (χ1n) is 7.15. The summed E-state index contributed by atoms with van der Waals surface area (Å²) in [6.45, 7) is 1.85. The van der Waals surface area contributed by atoms with Crippen molar-refractivity contribution in [3.8, 4) is 5.75 Å². The number of carboxylic acid groups (broad SMARTS) is 1. The Morgan fingerprint density at radius 1 is 1.36 bits per heavy atom. The quantitative estimate of drug-likeness (QED) is 0.726. The number of carbonyl (C=O) groups is 2. The van der Waals surface area contributed by atoms with Gasteiger partial charge in [-0.05, 0) is 37.2 Å². The van der Waals surface area contributed by atoms with Crippen LogP contribution in [0, 0.1) is 11.7 Å². The molecule has 0 aromatic heterocycles. The average molecular weight is 310 g/mol. The summed E-state index contributed by atoms with van der Waals surface area (Å²) in [7, 11) is 0. The Bertz CT molecular complexity index is 521. The number of hydrogen-bond acceptors (Lipinski definition) is 4. The number of ether oxygens (including phenoxy) is 1. The summed E-state index contributed by atoms with van der Waals surface area (Å²) in [5.41, 5.74) is 0. The van der Waals surface area contributed by atoms with Crippen LogP contribution in [0.4, 0.5) is 4.39 Å². The highest BCUT2D eigenvalue weighted by atomic mass is 19.1. The lowest BCUT2D eigenvalue weighted by Crippen LogP contribution is -2.38. The molecule has 6 nitrogen and oxygen atoms in total. The molecule has 7 heteroatoms. The van der Waals surface area contributed by atoms with Crippen molar-refractivity contribution in [1.82, 2.24) is 10.2 Å². The predicted octanol–water partition coefficient (Wildman–Crippen LogP) is 0.727. The maximum atomic E-state index is 12.7. The van der Waals surface area contributed by atoms with Crippen molar-refractivity contribution < 1.29 is 23.8 Å². The van der Waals surface area contributed by atoms with E-state index in [1.807, 2.05) is 4.90 Å². The molecule has 1 atom stereocenters. The van der Waals surface area contributed by atoms with Crippen LogP contribution in [-0.4, -0.2) is 54.7 Å². The van der Waals surface area contributed by atoms with Crippen LogP contribution >= 0.6 is 0 Å². The maximum absolute atomic E-state index is 12.7. The third-order valence-electron chi connectivity index (χ3n) is 3.50. The molecule has 1 unspecified atom stereocenters. The third-order valence-corrected chi connectivity index (χ3v) is 3.50. The Labute approximate surface area is 127 Å². The third kappa shape index (κ3) is 5.00. The summed E-state index contributed by atoms with van der Waals surface area (Å²) in [5, 5.41) is 11.6. The number of carbonyl (C=O) groups excluding carboxylic acids is 1. The second-order valence-corrected chi connectivity index (χ2v) is 5.21. The van der Waals surface area contributed by atoms with E-state index in [0.717, 1.165) is 0 Å². The van der Waals surface area contributed by atoms with Crippen LogP contribution in [0.2, 0.25) is 0 Å². The monoisotopic (exact) mass is 310 g/mol. The van der Waals surface area contributed by atoms with E-state index >= 15 is 0 Å². The fraction of sp³-hybridized carbons (Fsp3) is 0.467. The van der Waals surface area contributed by atoms with Crippen molar-refractivity contribution in [3.05, 3.63) is 30.1 Å². The van der Waals surface area contributed by atoms with Gasteiger partial charge in [0.15, 0.2) is 0 Å². The molecule has 1 aromatic rings. The van der Waals surface area contributed by atoms with Crippen molar-refractivity contribution in [2.45, 2.75) is 6.42 Å². The highest BCUT2D eigenvalue weighted by Crippen LogP contribution is 2.15. The van der Waals surface area contributed by atoms with Gasteiger partial charge >= 0.3 is 5.97 Å². The number of amides is 1. The van der Waals surface area contributed by atoms with Gasteiger partial charge in [0.25, 0.3) is 0 Å². The molecule has 2 N–H and O–H groups in total. The molecule has 0 radical (unpaired) electrons. The zero-order valence-electron chi connectivity index (χ0n) is 12.1. The standard InChI is InChI=1S/C15H19FN2O4/c16-12-1-3-13(4-2-12)22-8-6-17-14(19)10-18-7-5-11(9-18)15(20)21/h1-4,11H,5-10H2,(H,17,19)(H,20,21). The molecule has 22 heavy (non-hydrogen) atoms. The molecule has 1 heterocycles. The van der Waals surface area contributed by atoms with Crippen LogP contribution in [0.15, 0.2) is 24.3 Å². The van der Waals surface area contributed by atoms with Crippen LogP contribution in [0.25, 0.3) is 0 Å². The number of nitrogens with one attached hydrogen (secondary N) is 1. The summed E-state index contributed by atoms with van der Waals surface area (Å²) in [4.78, 5) is 24.4. The van der Waals surface area contributed by atoms with Crippen molar-refractivity contribution in [2.75, 3.05) is 32.8 Å². The van der Waals surface area contributed by atoms with Gasteiger partial charge in [0, 0.05) is 6.54 Å². The van der Waals surface area contributed by atoms with E-state index in [4.69, 9.17) is 9.84 Å². The number of benzene rings is 1. The van der Waals surface area contributed by atoms with Gasteiger partial charge in [-0.25, -0.2) is 4.39 Å². The Hall–Kier alpha value is -2.15. The average Bonchev–Trinajstić information content (AvgIpc) is 2.94. The highest BCUT2D eigenvalue weighted by Gasteiger charge is 2.28. The normalized spacial score (nSPS) is 18.1. The lowest BCUT2D eigenvalue weighted by Gasteiger charge is -2.14. The van der Waals surface area contributed by atoms with Crippen LogP contribution in [0.3, 0.4) is 0 Å². The van der Waals surface area contributed by atoms with E-state index in [1.54, 1.807) is 0 Å². The van der Waals surface area contributed by atoms with E-state index in [2.05, 4.69) is 5.32 Å². The van der Waals surface area contributed by atoms with Gasteiger partial charge in [0.2, 0.25) is 5.91 Å². The highest BCUT2D eigenvalue weighted by molar-refractivity contribution is 5.78. The molecule has 0 bridgehead atoms. The van der Waals surface area contributed by atoms with Crippen molar-refractivity contribution in [2.24, 2.45) is 5.92 Å². The number of likely N-dealkylation sites (tertiary alicyclic amines) is 1. The van der Waals surface area contributed by atoms with E-state index in [1.165, 1.54) is 24.3 Å². The van der Waals surface area contributed by atoms with E-state index < -0.39 is 5.97 Å². The summed E-state index contributed by atoms with van der Waals surface area (Å²) in [6.07, 6.45) is 0.580. The lowest BCUT2D eigenvalue weighted by atomic mass is 10.1. The van der Waals surface area contributed by atoms with E-state index in [9.17, 15) is 14.0 Å². The molecule has 0 spiro atoms. The van der Waals surface area contributed by atoms with Crippen molar-refractivity contribution in [1.29, 1.82) is 0 Å². The lowest BCUT2D eigenvalue weighted by molar-refractivity contribution is -0.141. The van der Waals surface area contributed by atoms with Crippen molar-refractivity contribution >= 4 is 11.9 Å². The summed E-state index contributed by atoms with van der Waals surface area (Å²) in [5.74, 6) is -1.13. The Morgan fingerprint density at radius 2 is 2.09 bits per heavy atom. The minimum absolute atomic E-state index is 0.159. The molecule has 1 aliphatic heterocycles. The summed E-state index contributed by atoms with van der Waals surface area (Å²) < 4.78 is 18.1. The summed E-state index contributed by atoms with van der Waals surface area (Å²) in [6, 6.07) is 5.65. The second-order valence-electron chi connectivity index (χ2n) is 5.21. The first kappa shape index (κ1) is 16.2. The molecule has 0 saturated carbocycles. The minimum atomic E-state index is -0.810. The molecule has 1 amide bonds. The van der Waals surface area contributed by atoms with E-state index in [-0.39, 0.29) is 30.8 Å². The Kier molecular flexibility index (Phi) is 5.71. The topological polar surface area (TPSA) is 78.9 Å². The molecule has 120 valence electrons. The maximum Gasteiger partial charge on any atom is 0.307 e. The number of carboxylic acids is 1. The first-order chi connectivity index (χ1) is 10.5. The SMILES string of the molecule is O=C(CN1CCC(C(=O)O)C1)NCCOc1ccc(F)cc1. The van der Waals surface area contributed by atoms with Gasteiger partial charge in [-0.2, -0.15) is 0 Å². The Morgan fingerprint density at radius 3 is 2.73 bits per heavy atom. The first-order valence-corrected chi connectivity index (χ1v) is 7.15. The minimum Gasteiger partial charge on any atom is -0.492 e. The fourth-order valence-electron chi connectivity index (χ4n) is 2.33. The van der Waals surface area contributed by atoms with Crippen LogP contribution < -0.4 is 10.1 Å². The molecule has 2 rings (SSSR count). The second kappa shape index (κ2) is 7.74. The van der Waals surface area contributed by atoms with Gasteiger partial charge in [-0.15, -0.1) is 0 Å². The zero-order valence-corrected chi connectivity index (χ0v) is 12.1. The van der Waals surface area contributed by atoms with Gasteiger partial charge in [0.1, 0.15) is 18.2 Å². The number of hydrogen-bond donors (Lipinski definition) is 2. The largest absolute Gasteiger partial charge is 0.492 e. The van der Waals surface area contributed by atoms with Crippen molar-refractivity contribution in [3.63, 3.8) is 0 Å². The summed E-state index contributed by atoms with van der Waals surface area (Å²) >= 11 is 0. The number of halogens is 1. The van der Waals surface area contributed by atoms with Gasteiger partial charge in [0.05, 0.1) is 19.0 Å². The Balaban J connectivity index is 1.60. The van der Waals surface area contributed by atoms with Crippen LogP contribution in [-0.2, 0) is 9.59 Å². The van der Waals surface area contributed by atoms with Crippen LogP contribution in [0.1, 0.15) is 6.42 Å². The van der Waals surface area contributed by atoms with Gasteiger partial charge in [-0.3, -0.25) is 14.5 Å². The van der Waals surface area contributed by atoms with Gasteiger partial charge < -0.3 is 15.2 Å². The molecule has 1 fully saturated rings. The molecule has 0 aliphatic carbocycles. The molecule has 1 aromatic carbocycles. The number of rotatable bonds is 7. The smallest absolute Gasteiger partial charge is 0.307 e.